The van der Waals surface area contributed by atoms with Crippen molar-refractivity contribution < 1.29 is 4.79 Å². The number of nitrogens with zero attached hydrogens (tertiary/aromatic N) is 6. The van der Waals surface area contributed by atoms with E-state index in [9.17, 15) is 4.79 Å². The Bertz CT molecular complexity index is 901. The molecule has 4 rings (SSSR count). The zero-order valence-corrected chi connectivity index (χ0v) is 15.7. The lowest BCUT2D eigenvalue weighted by Gasteiger charge is -2.36. The Labute approximate surface area is 162 Å². The Balaban J connectivity index is 0.00000210. The van der Waals surface area contributed by atoms with Gasteiger partial charge in [0.15, 0.2) is 5.82 Å². The highest BCUT2D eigenvalue weighted by molar-refractivity contribution is 5.97. The van der Waals surface area contributed by atoms with Crippen LogP contribution in [0.3, 0.4) is 0 Å². The number of aryl methyl sites for hydroxylation is 1. The number of nitrogens with one attached hydrogen (secondary N) is 2. The van der Waals surface area contributed by atoms with Crippen molar-refractivity contribution in [1.82, 2.24) is 35.3 Å². The number of aromatic nitrogens is 6. The summed E-state index contributed by atoms with van der Waals surface area (Å²) < 4.78 is 3.37. The van der Waals surface area contributed by atoms with Gasteiger partial charge < -0.3 is 10.6 Å². The molecule has 9 nitrogen and oxygen atoms in total. The van der Waals surface area contributed by atoms with Crippen LogP contribution in [0, 0.1) is 0 Å². The van der Waals surface area contributed by atoms with Crippen molar-refractivity contribution in [2.75, 3.05) is 18.4 Å². The summed E-state index contributed by atoms with van der Waals surface area (Å²) in [6.07, 6.45) is 4.94. The number of anilines is 1. The lowest BCUT2D eigenvalue weighted by atomic mass is 9.87. The summed E-state index contributed by atoms with van der Waals surface area (Å²) in [6, 6.07) is 9.38. The second kappa shape index (κ2) is 7.85. The molecular formula is C17H21ClN8O. The molecule has 1 aromatic carbocycles. The van der Waals surface area contributed by atoms with Gasteiger partial charge in [-0.1, -0.05) is 12.1 Å². The summed E-state index contributed by atoms with van der Waals surface area (Å²) in [5.41, 5.74) is 0.867. The molecule has 27 heavy (non-hydrogen) atoms. The van der Waals surface area contributed by atoms with Gasteiger partial charge in [-0.05, 0) is 54.6 Å². The van der Waals surface area contributed by atoms with E-state index in [0.717, 1.165) is 18.7 Å². The van der Waals surface area contributed by atoms with E-state index in [0.29, 0.717) is 24.4 Å². The van der Waals surface area contributed by atoms with Crippen molar-refractivity contribution >= 4 is 24.0 Å². The third-order valence-electron chi connectivity index (χ3n) is 4.80. The van der Waals surface area contributed by atoms with E-state index in [2.05, 4.69) is 31.3 Å². The first-order chi connectivity index (χ1) is 12.7. The van der Waals surface area contributed by atoms with Crippen LogP contribution in [0.4, 0.5) is 5.69 Å². The predicted octanol–water partition coefficient (Wildman–Crippen LogP) is 1.21. The molecule has 1 aliphatic heterocycles. The van der Waals surface area contributed by atoms with E-state index in [1.165, 1.54) is 0 Å². The van der Waals surface area contributed by atoms with Crippen molar-refractivity contribution in [3.05, 3.63) is 42.7 Å². The van der Waals surface area contributed by atoms with Crippen LogP contribution in [0.1, 0.15) is 12.8 Å². The molecule has 10 heteroatoms. The third kappa shape index (κ3) is 3.56. The SMILES string of the molecule is Cl.Cn1nnnc1-c1cccc(NC(=O)C2(n3cccn3)CCNCC2)c1. The van der Waals surface area contributed by atoms with Gasteiger partial charge in [0.25, 0.3) is 5.91 Å². The number of amides is 1. The Morgan fingerprint density at radius 3 is 2.74 bits per heavy atom. The van der Waals surface area contributed by atoms with Gasteiger partial charge in [-0.2, -0.15) is 5.10 Å². The normalized spacial score (nSPS) is 15.7. The fraction of sp³-hybridized carbons (Fsp3) is 0.353. The van der Waals surface area contributed by atoms with Crippen molar-refractivity contribution in [2.24, 2.45) is 7.05 Å². The molecule has 142 valence electrons. The van der Waals surface area contributed by atoms with Crippen molar-refractivity contribution in [3.8, 4) is 11.4 Å². The van der Waals surface area contributed by atoms with Gasteiger partial charge in [0.2, 0.25) is 0 Å². The fourth-order valence-corrected chi connectivity index (χ4v) is 3.38. The molecule has 1 aliphatic rings. The minimum atomic E-state index is -0.683. The average Bonchev–Trinajstić information content (AvgIpc) is 3.34. The lowest BCUT2D eigenvalue weighted by molar-refractivity contribution is -0.126. The largest absolute Gasteiger partial charge is 0.324 e. The van der Waals surface area contributed by atoms with Gasteiger partial charge in [-0.3, -0.25) is 9.48 Å². The smallest absolute Gasteiger partial charge is 0.252 e. The van der Waals surface area contributed by atoms with E-state index in [-0.39, 0.29) is 18.3 Å². The van der Waals surface area contributed by atoms with Gasteiger partial charge in [-0.15, -0.1) is 17.5 Å². The molecule has 2 N–H and O–H groups in total. The number of hydrogen-bond acceptors (Lipinski definition) is 6. The van der Waals surface area contributed by atoms with Crippen LogP contribution in [0.2, 0.25) is 0 Å². The molecule has 0 spiro atoms. The van der Waals surface area contributed by atoms with Crippen LogP contribution in [0.5, 0.6) is 0 Å². The molecule has 0 unspecified atom stereocenters. The molecule has 1 fully saturated rings. The van der Waals surface area contributed by atoms with Gasteiger partial charge in [0, 0.05) is 30.7 Å². The lowest BCUT2D eigenvalue weighted by Crippen LogP contribution is -2.52. The number of tetrazole rings is 1. The summed E-state index contributed by atoms with van der Waals surface area (Å²) >= 11 is 0. The Kier molecular flexibility index (Phi) is 5.52. The van der Waals surface area contributed by atoms with E-state index in [1.54, 1.807) is 22.6 Å². The number of hydrogen-bond donors (Lipinski definition) is 2. The average molecular weight is 389 g/mol. The quantitative estimate of drug-likeness (QED) is 0.696. The zero-order valence-electron chi connectivity index (χ0n) is 14.9. The molecule has 2 aromatic heterocycles. The maximum atomic E-state index is 13.2. The first kappa shape index (κ1) is 19.0. The van der Waals surface area contributed by atoms with Gasteiger partial charge >= 0.3 is 0 Å². The van der Waals surface area contributed by atoms with E-state index >= 15 is 0 Å². The first-order valence-corrected chi connectivity index (χ1v) is 8.54. The van der Waals surface area contributed by atoms with Crippen LogP contribution in [0.15, 0.2) is 42.7 Å². The highest BCUT2D eigenvalue weighted by atomic mass is 35.5. The highest BCUT2D eigenvalue weighted by Crippen LogP contribution is 2.29. The maximum Gasteiger partial charge on any atom is 0.252 e. The summed E-state index contributed by atoms with van der Waals surface area (Å²) in [5.74, 6) is 0.584. The number of carbonyl (C=O) groups excluding carboxylic acids is 1. The molecule has 0 atom stereocenters. The van der Waals surface area contributed by atoms with Crippen LogP contribution in [-0.2, 0) is 17.4 Å². The molecular weight excluding hydrogens is 368 g/mol. The maximum absolute atomic E-state index is 13.2. The molecule has 0 radical (unpaired) electrons. The van der Waals surface area contributed by atoms with Crippen LogP contribution in [-0.4, -0.2) is 49.0 Å². The number of carbonyl (C=O) groups is 1. The Hall–Kier alpha value is -2.78. The number of halogens is 1. The van der Waals surface area contributed by atoms with Crippen LogP contribution in [0.25, 0.3) is 11.4 Å². The van der Waals surface area contributed by atoms with Crippen molar-refractivity contribution in [1.29, 1.82) is 0 Å². The number of rotatable bonds is 4. The third-order valence-corrected chi connectivity index (χ3v) is 4.80. The predicted molar refractivity (Wildman–Crippen MR) is 102 cm³/mol. The topological polar surface area (TPSA) is 103 Å². The number of benzene rings is 1. The monoisotopic (exact) mass is 388 g/mol. The molecule has 0 saturated carbocycles. The van der Waals surface area contributed by atoms with E-state index < -0.39 is 5.54 Å². The van der Waals surface area contributed by atoms with Gasteiger partial charge in [0.1, 0.15) is 5.54 Å². The minimum Gasteiger partial charge on any atom is -0.324 e. The highest BCUT2D eigenvalue weighted by Gasteiger charge is 2.42. The zero-order chi connectivity index (χ0) is 18.0. The molecule has 0 aliphatic carbocycles. The number of piperidine rings is 1. The molecule has 1 saturated heterocycles. The van der Waals surface area contributed by atoms with Crippen molar-refractivity contribution in [3.63, 3.8) is 0 Å². The van der Waals surface area contributed by atoms with E-state index in [1.807, 2.05) is 36.5 Å². The standard InChI is InChI=1S/C17H20N8O.ClH/c1-24-15(21-22-23-24)13-4-2-5-14(12-13)20-16(26)17(6-9-18-10-7-17)25-11-3-8-19-25;/h2-5,8,11-12,18H,6-7,9-10H2,1H3,(H,20,26);1H. The van der Waals surface area contributed by atoms with Crippen LogP contribution >= 0.6 is 12.4 Å². The fourth-order valence-electron chi connectivity index (χ4n) is 3.38. The Morgan fingerprint density at radius 2 is 2.07 bits per heavy atom. The second-order valence-corrected chi connectivity index (χ2v) is 6.39. The summed E-state index contributed by atoms with van der Waals surface area (Å²) in [6.45, 7) is 1.55. The Morgan fingerprint density at radius 1 is 1.26 bits per heavy atom. The molecule has 1 amide bonds. The molecule has 3 aromatic rings. The van der Waals surface area contributed by atoms with Gasteiger partial charge in [-0.25, -0.2) is 4.68 Å². The molecule has 3 heterocycles. The molecule has 0 bridgehead atoms. The summed E-state index contributed by atoms with van der Waals surface area (Å²) in [7, 11) is 1.78. The summed E-state index contributed by atoms with van der Waals surface area (Å²) in [4.78, 5) is 13.2. The van der Waals surface area contributed by atoms with E-state index in [4.69, 9.17) is 0 Å². The first-order valence-electron chi connectivity index (χ1n) is 8.54. The summed E-state index contributed by atoms with van der Waals surface area (Å²) in [5, 5.41) is 22.2. The minimum absolute atomic E-state index is 0. The van der Waals surface area contributed by atoms with Gasteiger partial charge in [0.05, 0.1) is 0 Å². The second-order valence-electron chi connectivity index (χ2n) is 6.39. The van der Waals surface area contributed by atoms with Crippen molar-refractivity contribution in [2.45, 2.75) is 18.4 Å². The van der Waals surface area contributed by atoms with Crippen LogP contribution < -0.4 is 10.6 Å².